The minimum atomic E-state index is -0.429. The number of carbonyl (C=O) groups excluding carboxylic acids is 1. The van der Waals surface area contributed by atoms with Gasteiger partial charge in [-0.25, -0.2) is 0 Å². The van der Waals surface area contributed by atoms with E-state index in [1.165, 1.54) is 0 Å². The number of hydrogen-bond acceptors (Lipinski definition) is 7. The van der Waals surface area contributed by atoms with E-state index < -0.39 is 5.91 Å². The van der Waals surface area contributed by atoms with E-state index in [2.05, 4.69) is 15.5 Å². The molecule has 0 fully saturated rings. The second kappa shape index (κ2) is 8.90. The summed E-state index contributed by atoms with van der Waals surface area (Å²) in [5.41, 5.74) is 1.70. The fourth-order valence-electron chi connectivity index (χ4n) is 2.63. The molecular weight excluding hydrogens is 362 g/mol. The number of nitrogens with one attached hydrogen (secondary N) is 1. The largest absolute Gasteiger partial charge is 0.497 e. The molecule has 0 saturated carbocycles. The fraction of sp³-hybridized carbons (Fsp3) is 0.250. The lowest BCUT2D eigenvalue weighted by atomic mass is 10.1. The summed E-state index contributed by atoms with van der Waals surface area (Å²) < 4.78 is 20.7. The summed E-state index contributed by atoms with van der Waals surface area (Å²) in [7, 11) is 4.74. The zero-order valence-corrected chi connectivity index (χ0v) is 15.9. The highest BCUT2D eigenvalue weighted by molar-refractivity contribution is 5.89. The highest BCUT2D eigenvalue weighted by Gasteiger charge is 2.16. The maximum Gasteiger partial charge on any atom is 0.316 e. The van der Waals surface area contributed by atoms with E-state index in [0.29, 0.717) is 41.6 Å². The van der Waals surface area contributed by atoms with Gasteiger partial charge in [0.05, 0.1) is 21.3 Å². The van der Waals surface area contributed by atoms with Crippen LogP contribution in [0.3, 0.4) is 0 Å². The Bertz CT molecular complexity index is 955. The van der Waals surface area contributed by atoms with E-state index in [4.69, 9.17) is 18.7 Å². The molecular formula is C20H21N3O5. The van der Waals surface area contributed by atoms with E-state index in [9.17, 15) is 4.79 Å². The Balaban J connectivity index is 1.59. The van der Waals surface area contributed by atoms with Crippen molar-refractivity contribution >= 4 is 5.91 Å². The Labute approximate surface area is 162 Å². The molecule has 3 rings (SSSR count). The number of hydrogen-bond donors (Lipinski definition) is 1. The van der Waals surface area contributed by atoms with Crippen LogP contribution in [-0.2, 0) is 6.42 Å². The SMILES string of the molecule is COc1cccc(-c2noc(C(=O)NCCc3ccc(OC)c(OC)c3)n2)c1. The molecule has 0 radical (unpaired) electrons. The molecule has 0 bridgehead atoms. The van der Waals surface area contributed by atoms with Crippen molar-refractivity contribution in [3.05, 3.63) is 53.9 Å². The summed E-state index contributed by atoms with van der Waals surface area (Å²) in [5.74, 6) is 1.77. The molecule has 8 nitrogen and oxygen atoms in total. The second-order valence-electron chi connectivity index (χ2n) is 5.85. The van der Waals surface area contributed by atoms with Gasteiger partial charge in [0.2, 0.25) is 5.82 Å². The van der Waals surface area contributed by atoms with Crippen LogP contribution in [0.15, 0.2) is 47.0 Å². The van der Waals surface area contributed by atoms with Gasteiger partial charge in [-0.05, 0) is 36.2 Å². The van der Waals surface area contributed by atoms with Gasteiger partial charge in [0.25, 0.3) is 0 Å². The monoisotopic (exact) mass is 383 g/mol. The number of benzene rings is 2. The van der Waals surface area contributed by atoms with Crippen molar-refractivity contribution in [2.75, 3.05) is 27.9 Å². The molecule has 0 aliphatic heterocycles. The average molecular weight is 383 g/mol. The van der Waals surface area contributed by atoms with Crippen molar-refractivity contribution in [3.8, 4) is 28.6 Å². The van der Waals surface area contributed by atoms with Crippen molar-refractivity contribution in [2.45, 2.75) is 6.42 Å². The summed E-state index contributed by atoms with van der Waals surface area (Å²) in [5, 5.41) is 6.63. The van der Waals surface area contributed by atoms with Gasteiger partial charge in [0.15, 0.2) is 11.5 Å². The van der Waals surface area contributed by atoms with Crippen LogP contribution in [0.4, 0.5) is 0 Å². The van der Waals surface area contributed by atoms with Gasteiger partial charge < -0.3 is 24.1 Å². The topological polar surface area (TPSA) is 95.7 Å². The molecule has 146 valence electrons. The van der Waals surface area contributed by atoms with Crippen LogP contribution in [0.25, 0.3) is 11.4 Å². The van der Waals surface area contributed by atoms with Gasteiger partial charge in [0.1, 0.15) is 5.75 Å². The van der Waals surface area contributed by atoms with Crippen LogP contribution in [0.5, 0.6) is 17.2 Å². The predicted molar refractivity (Wildman–Crippen MR) is 102 cm³/mol. The molecule has 0 aliphatic carbocycles. The summed E-state index contributed by atoms with van der Waals surface area (Å²) in [6.45, 7) is 0.408. The van der Waals surface area contributed by atoms with Gasteiger partial charge in [-0.3, -0.25) is 4.79 Å². The first-order valence-corrected chi connectivity index (χ1v) is 8.62. The summed E-state index contributed by atoms with van der Waals surface area (Å²) in [6.07, 6.45) is 0.614. The Morgan fingerprint density at radius 2 is 1.86 bits per heavy atom. The Kier molecular flexibility index (Phi) is 6.11. The van der Waals surface area contributed by atoms with Crippen molar-refractivity contribution in [2.24, 2.45) is 0 Å². The van der Waals surface area contributed by atoms with Crippen molar-refractivity contribution in [3.63, 3.8) is 0 Å². The minimum Gasteiger partial charge on any atom is -0.497 e. The molecule has 0 unspecified atom stereocenters. The Hall–Kier alpha value is -3.55. The molecule has 0 spiro atoms. The predicted octanol–water partition coefficient (Wildman–Crippen LogP) is 2.73. The van der Waals surface area contributed by atoms with Crippen molar-refractivity contribution < 1.29 is 23.5 Å². The maximum atomic E-state index is 12.2. The Morgan fingerprint density at radius 1 is 1.04 bits per heavy atom. The van der Waals surface area contributed by atoms with Crippen LogP contribution in [0.2, 0.25) is 0 Å². The van der Waals surface area contributed by atoms with Crippen LogP contribution in [0, 0.1) is 0 Å². The van der Waals surface area contributed by atoms with E-state index in [0.717, 1.165) is 5.56 Å². The van der Waals surface area contributed by atoms with Crippen LogP contribution >= 0.6 is 0 Å². The summed E-state index contributed by atoms with van der Waals surface area (Å²) >= 11 is 0. The molecule has 1 amide bonds. The molecule has 1 heterocycles. The molecule has 3 aromatic rings. The standard InChI is InChI=1S/C20H21N3O5/c1-25-15-6-4-5-14(12-15)18-22-20(28-23-18)19(24)21-10-9-13-7-8-16(26-2)17(11-13)27-3/h4-8,11-12H,9-10H2,1-3H3,(H,21,24). The summed E-state index contributed by atoms with van der Waals surface area (Å²) in [6, 6.07) is 12.8. The molecule has 0 atom stereocenters. The molecule has 1 N–H and O–H groups in total. The second-order valence-corrected chi connectivity index (χ2v) is 5.85. The third-order valence-electron chi connectivity index (χ3n) is 4.10. The number of aromatic nitrogens is 2. The smallest absolute Gasteiger partial charge is 0.316 e. The van der Waals surface area contributed by atoms with Crippen LogP contribution in [-0.4, -0.2) is 43.9 Å². The lowest BCUT2D eigenvalue weighted by Crippen LogP contribution is -2.26. The lowest BCUT2D eigenvalue weighted by molar-refractivity contribution is 0.0910. The number of amides is 1. The summed E-state index contributed by atoms with van der Waals surface area (Å²) in [4.78, 5) is 16.4. The number of carbonyl (C=O) groups is 1. The minimum absolute atomic E-state index is 0.0925. The van der Waals surface area contributed by atoms with Crippen LogP contribution < -0.4 is 19.5 Å². The average Bonchev–Trinajstić information content (AvgIpc) is 3.24. The third kappa shape index (κ3) is 4.40. The first kappa shape index (κ1) is 19.2. The Morgan fingerprint density at radius 3 is 2.61 bits per heavy atom. The van der Waals surface area contributed by atoms with Crippen molar-refractivity contribution in [1.29, 1.82) is 0 Å². The first-order valence-electron chi connectivity index (χ1n) is 8.62. The van der Waals surface area contributed by atoms with Gasteiger partial charge in [-0.1, -0.05) is 23.4 Å². The number of rotatable bonds is 8. The zero-order valence-electron chi connectivity index (χ0n) is 15.9. The van der Waals surface area contributed by atoms with E-state index >= 15 is 0 Å². The molecule has 28 heavy (non-hydrogen) atoms. The normalized spacial score (nSPS) is 10.4. The third-order valence-corrected chi connectivity index (χ3v) is 4.10. The number of methoxy groups -OCH3 is 3. The molecule has 0 saturated heterocycles. The number of ether oxygens (including phenoxy) is 3. The zero-order chi connectivity index (χ0) is 19.9. The van der Waals surface area contributed by atoms with E-state index in [-0.39, 0.29) is 5.89 Å². The highest BCUT2D eigenvalue weighted by Crippen LogP contribution is 2.27. The first-order chi connectivity index (χ1) is 13.6. The molecule has 0 aliphatic rings. The van der Waals surface area contributed by atoms with Gasteiger partial charge in [-0.2, -0.15) is 4.98 Å². The van der Waals surface area contributed by atoms with Gasteiger partial charge in [0, 0.05) is 12.1 Å². The fourth-order valence-corrected chi connectivity index (χ4v) is 2.63. The van der Waals surface area contributed by atoms with Crippen molar-refractivity contribution in [1.82, 2.24) is 15.5 Å². The molecule has 2 aromatic carbocycles. The number of nitrogens with zero attached hydrogens (tertiary/aromatic N) is 2. The highest BCUT2D eigenvalue weighted by atomic mass is 16.5. The van der Waals surface area contributed by atoms with E-state index in [1.807, 2.05) is 36.4 Å². The van der Waals surface area contributed by atoms with Crippen LogP contribution in [0.1, 0.15) is 16.2 Å². The van der Waals surface area contributed by atoms with E-state index in [1.54, 1.807) is 27.4 Å². The maximum absolute atomic E-state index is 12.2. The van der Waals surface area contributed by atoms with Gasteiger partial charge >= 0.3 is 11.8 Å². The molecule has 8 heteroatoms. The van der Waals surface area contributed by atoms with Gasteiger partial charge in [-0.15, -0.1) is 0 Å². The quantitative estimate of drug-likeness (QED) is 0.639. The molecule has 1 aromatic heterocycles. The lowest BCUT2D eigenvalue weighted by Gasteiger charge is -2.09.